The van der Waals surface area contributed by atoms with Gasteiger partial charge in [0.2, 0.25) is 5.82 Å². The lowest BCUT2D eigenvalue weighted by atomic mass is 10.1. The number of fused-ring (bicyclic) bond motifs is 1. The molecule has 0 spiro atoms. The molecule has 1 amide bonds. The number of carbonyl (C=O) groups excluding carboxylic acids is 1. The van der Waals surface area contributed by atoms with Gasteiger partial charge in [0.25, 0.3) is 11.7 Å². The third-order valence-electron chi connectivity index (χ3n) is 3.52. The molecule has 0 atom stereocenters. The van der Waals surface area contributed by atoms with Gasteiger partial charge in [0.1, 0.15) is 0 Å². The molecular formula is C16H12N6OS. The van der Waals surface area contributed by atoms with Gasteiger partial charge in [0.15, 0.2) is 0 Å². The second-order valence-corrected chi connectivity index (χ2v) is 5.79. The van der Waals surface area contributed by atoms with Crippen LogP contribution >= 0.6 is 11.3 Å². The van der Waals surface area contributed by atoms with Crippen LogP contribution in [-0.4, -0.2) is 37.5 Å². The van der Waals surface area contributed by atoms with Crippen molar-refractivity contribution in [2.24, 2.45) is 0 Å². The van der Waals surface area contributed by atoms with Crippen LogP contribution in [0.5, 0.6) is 0 Å². The van der Waals surface area contributed by atoms with Gasteiger partial charge in [-0.2, -0.15) is 20.8 Å². The van der Waals surface area contributed by atoms with E-state index in [1.807, 2.05) is 35.0 Å². The van der Waals surface area contributed by atoms with E-state index in [1.165, 1.54) is 0 Å². The van der Waals surface area contributed by atoms with Crippen molar-refractivity contribution in [1.29, 1.82) is 0 Å². The van der Waals surface area contributed by atoms with Crippen molar-refractivity contribution < 1.29 is 4.79 Å². The van der Waals surface area contributed by atoms with Crippen molar-refractivity contribution in [3.8, 4) is 22.5 Å². The predicted octanol–water partition coefficient (Wildman–Crippen LogP) is 2.27. The van der Waals surface area contributed by atoms with Crippen LogP contribution in [0.4, 0.5) is 0 Å². The van der Waals surface area contributed by atoms with Gasteiger partial charge >= 0.3 is 0 Å². The molecule has 8 heteroatoms. The van der Waals surface area contributed by atoms with E-state index in [9.17, 15) is 4.79 Å². The van der Waals surface area contributed by atoms with E-state index in [0.29, 0.717) is 5.78 Å². The maximum Gasteiger partial charge on any atom is 0.290 e. The Hall–Kier alpha value is -3.13. The molecule has 0 aliphatic rings. The molecule has 0 unspecified atom stereocenters. The number of aromatic nitrogens is 5. The summed E-state index contributed by atoms with van der Waals surface area (Å²) >= 11 is 1.59. The van der Waals surface area contributed by atoms with Crippen LogP contribution in [0.2, 0.25) is 0 Å². The summed E-state index contributed by atoms with van der Waals surface area (Å²) in [5, 5.41) is 10.8. The van der Waals surface area contributed by atoms with Crippen molar-refractivity contribution in [3.63, 3.8) is 0 Å². The molecule has 1 N–H and O–H groups in total. The maximum absolute atomic E-state index is 11.9. The highest BCUT2D eigenvalue weighted by Crippen LogP contribution is 2.26. The molecule has 118 valence electrons. The predicted molar refractivity (Wildman–Crippen MR) is 90.7 cm³/mol. The van der Waals surface area contributed by atoms with E-state index in [-0.39, 0.29) is 11.7 Å². The van der Waals surface area contributed by atoms with E-state index in [4.69, 9.17) is 0 Å². The quantitative estimate of drug-likeness (QED) is 0.620. The first kappa shape index (κ1) is 14.5. The average Bonchev–Trinajstić information content (AvgIpc) is 3.30. The maximum atomic E-state index is 11.9. The van der Waals surface area contributed by atoms with Crippen molar-refractivity contribution in [2.75, 3.05) is 7.05 Å². The highest BCUT2D eigenvalue weighted by atomic mass is 32.1. The molecule has 0 radical (unpaired) electrons. The van der Waals surface area contributed by atoms with Gasteiger partial charge in [-0.3, -0.25) is 9.78 Å². The van der Waals surface area contributed by atoms with E-state index in [1.54, 1.807) is 35.3 Å². The number of hydrogen-bond donors (Lipinski definition) is 1. The molecule has 4 rings (SSSR count). The number of nitrogens with one attached hydrogen (secondary N) is 1. The smallest absolute Gasteiger partial charge is 0.290 e. The largest absolute Gasteiger partial charge is 0.352 e. The van der Waals surface area contributed by atoms with Crippen molar-refractivity contribution in [3.05, 3.63) is 53.2 Å². The Balaban J connectivity index is 1.98. The minimum absolute atomic E-state index is 0.0878. The molecule has 0 saturated heterocycles. The fourth-order valence-corrected chi connectivity index (χ4v) is 3.00. The second-order valence-electron chi connectivity index (χ2n) is 5.01. The summed E-state index contributed by atoms with van der Waals surface area (Å²) in [6.07, 6.45) is 3.45. The number of thiophene rings is 1. The molecule has 0 fully saturated rings. The number of carbonyl (C=O) groups is 1. The lowest BCUT2D eigenvalue weighted by Gasteiger charge is -2.05. The lowest BCUT2D eigenvalue weighted by molar-refractivity contribution is 0.0953. The Labute approximate surface area is 141 Å². The molecule has 0 aliphatic carbocycles. The Morgan fingerprint density at radius 3 is 2.88 bits per heavy atom. The number of rotatable bonds is 3. The lowest BCUT2D eigenvalue weighted by Crippen LogP contribution is -2.19. The Morgan fingerprint density at radius 1 is 1.25 bits per heavy atom. The van der Waals surface area contributed by atoms with Gasteiger partial charge in [-0.1, -0.05) is 0 Å². The third-order valence-corrected chi connectivity index (χ3v) is 4.20. The minimum Gasteiger partial charge on any atom is -0.352 e. The van der Waals surface area contributed by atoms with Crippen LogP contribution in [0, 0.1) is 0 Å². The molecule has 4 aromatic heterocycles. The SMILES string of the molecule is CNC(=O)c1nc2nc(-c3cccnc3)cc(-c3ccsc3)n2n1. The zero-order valence-electron chi connectivity index (χ0n) is 12.7. The van der Waals surface area contributed by atoms with Crippen LogP contribution in [0.1, 0.15) is 10.6 Å². The topological polar surface area (TPSA) is 85.1 Å². The molecule has 24 heavy (non-hydrogen) atoms. The van der Waals surface area contributed by atoms with Crippen LogP contribution in [0.15, 0.2) is 47.4 Å². The van der Waals surface area contributed by atoms with Crippen molar-refractivity contribution in [2.45, 2.75) is 0 Å². The Bertz CT molecular complexity index is 1010. The summed E-state index contributed by atoms with van der Waals surface area (Å²) in [6.45, 7) is 0. The fourth-order valence-electron chi connectivity index (χ4n) is 2.35. The molecule has 0 aromatic carbocycles. The first-order chi connectivity index (χ1) is 11.8. The summed E-state index contributed by atoms with van der Waals surface area (Å²) < 4.78 is 1.59. The highest BCUT2D eigenvalue weighted by molar-refractivity contribution is 7.08. The molecule has 4 heterocycles. The summed E-state index contributed by atoms with van der Waals surface area (Å²) in [7, 11) is 1.54. The van der Waals surface area contributed by atoms with E-state index in [0.717, 1.165) is 22.5 Å². The highest BCUT2D eigenvalue weighted by Gasteiger charge is 2.17. The van der Waals surface area contributed by atoms with E-state index < -0.39 is 0 Å². The fraction of sp³-hybridized carbons (Fsp3) is 0.0625. The first-order valence-corrected chi connectivity index (χ1v) is 8.13. The zero-order chi connectivity index (χ0) is 16.5. The number of amides is 1. The standard InChI is InChI=1S/C16H12N6OS/c1-17-15(23)14-20-16-19-12(10-3-2-5-18-8-10)7-13(22(16)21-14)11-4-6-24-9-11/h2-9H,1H3,(H,17,23). The van der Waals surface area contributed by atoms with Crippen molar-refractivity contribution in [1.82, 2.24) is 29.9 Å². The average molecular weight is 336 g/mol. The second kappa shape index (κ2) is 5.82. The van der Waals surface area contributed by atoms with Gasteiger partial charge in [0.05, 0.1) is 11.4 Å². The summed E-state index contributed by atoms with van der Waals surface area (Å²) in [5.41, 5.74) is 3.42. The summed E-state index contributed by atoms with van der Waals surface area (Å²) in [5.74, 6) is 0.112. The number of hydrogen-bond acceptors (Lipinski definition) is 6. The van der Waals surface area contributed by atoms with Gasteiger partial charge in [-0.15, -0.1) is 5.10 Å². The van der Waals surface area contributed by atoms with E-state index >= 15 is 0 Å². The van der Waals surface area contributed by atoms with Crippen LogP contribution in [-0.2, 0) is 0 Å². The zero-order valence-corrected chi connectivity index (χ0v) is 13.5. The van der Waals surface area contributed by atoms with Gasteiger partial charge in [0, 0.05) is 35.9 Å². The Kier molecular flexibility index (Phi) is 3.51. The number of nitrogens with zero attached hydrogens (tertiary/aromatic N) is 5. The monoisotopic (exact) mass is 336 g/mol. The molecule has 0 saturated carbocycles. The first-order valence-electron chi connectivity index (χ1n) is 7.19. The molecule has 4 aromatic rings. The van der Waals surface area contributed by atoms with Crippen LogP contribution in [0.25, 0.3) is 28.3 Å². The van der Waals surface area contributed by atoms with Crippen LogP contribution < -0.4 is 5.32 Å². The summed E-state index contributed by atoms with van der Waals surface area (Å²) in [4.78, 5) is 24.8. The molecule has 7 nitrogen and oxygen atoms in total. The van der Waals surface area contributed by atoms with Gasteiger partial charge < -0.3 is 5.32 Å². The molecule has 0 aliphatic heterocycles. The normalized spacial score (nSPS) is 10.9. The Morgan fingerprint density at radius 2 is 2.17 bits per heavy atom. The molecular weight excluding hydrogens is 324 g/mol. The van der Waals surface area contributed by atoms with Crippen LogP contribution in [0.3, 0.4) is 0 Å². The summed E-state index contributed by atoms with van der Waals surface area (Å²) in [6, 6.07) is 7.70. The van der Waals surface area contributed by atoms with E-state index in [2.05, 4.69) is 25.4 Å². The third kappa shape index (κ3) is 2.42. The van der Waals surface area contributed by atoms with Crippen molar-refractivity contribution >= 4 is 23.0 Å². The number of pyridine rings is 1. The molecule has 0 bridgehead atoms. The van der Waals surface area contributed by atoms with Gasteiger partial charge in [-0.05, 0) is 29.6 Å². The van der Waals surface area contributed by atoms with Gasteiger partial charge in [-0.25, -0.2) is 4.98 Å². The minimum atomic E-state index is -0.348.